The molecule has 0 radical (unpaired) electrons. The number of rotatable bonds is 6. The van der Waals surface area contributed by atoms with Crippen molar-refractivity contribution in [2.45, 2.75) is 19.9 Å². The molecule has 3 N–H and O–H groups in total. The van der Waals surface area contributed by atoms with Crippen LogP contribution >= 0.6 is 0 Å². The van der Waals surface area contributed by atoms with Gasteiger partial charge in [-0.15, -0.1) is 0 Å². The minimum absolute atomic E-state index is 0.141. The predicted octanol–water partition coefficient (Wildman–Crippen LogP) is 4.29. The largest absolute Gasteiger partial charge is 0.383 e. The molecule has 11 heteroatoms. The van der Waals surface area contributed by atoms with Crippen LogP contribution in [0.2, 0.25) is 0 Å². The number of nitrogens with two attached hydrogens (primary N) is 1. The maximum Gasteiger partial charge on any atom is 0.263 e. The van der Waals surface area contributed by atoms with E-state index >= 15 is 0 Å². The third-order valence-electron chi connectivity index (χ3n) is 6.53. The number of nitrogens with one attached hydrogen (secondary N) is 1. The SMILES string of the molecule is Cc1nc(-c2c(N)ncnc2NC(C)c2cc3cccc(-c4cnn(C)c4)c3c(=O)n2-c2ccccc2)no1. The number of fused-ring (bicyclic) bond motifs is 1. The molecule has 0 saturated carbocycles. The number of para-hydroxylation sites is 1. The van der Waals surface area contributed by atoms with Gasteiger partial charge in [0.1, 0.15) is 23.5 Å². The highest BCUT2D eigenvalue weighted by molar-refractivity contribution is 5.96. The highest BCUT2D eigenvalue weighted by atomic mass is 16.5. The van der Waals surface area contributed by atoms with Crippen LogP contribution in [0.4, 0.5) is 11.6 Å². The van der Waals surface area contributed by atoms with Crippen molar-refractivity contribution >= 4 is 22.4 Å². The first-order chi connectivity index (χ1) is 18.9. The molecule has 0 spiro atoms. The van der Waals surface area contributed by atoms with Crippen LogP contribution in [0.15, 0.2) is 82.6 Å². The Labute approximate surface area is 223 Å². The molecule has 0 aliphatic heterocycles. The van der Waals surface area contributed by atoms with Crippen LogP contribution in [0, 0.1) is 6.92 Å². The maximum absolute atomic E-state index is 14.3. The van der Waals surface area contributed by atoms with Crippen LogP contribution in [0.1, 0.15) is 24.6 Å². The van der Waals surface area contributed by atoms with E-state index in [0.717, 1.165) is 27.9 Å². The molecular formula is C28H25N9O2. The second-order valence-electron chi connectivity index (χ2n) is 9.20. The Bertz CT molecular complexity index is 1870. The van der Waals surface area contributed by atoms with E-state index in [0.29, 0.717) is 22.7 Å². The summed E-state index contributed by atoms with van der Waals surface area (Å²) < 4.78 is 8.60. The van der Waals surface area contributed by atoms with Crippen LogP contribution in [0.5, 0.6) is 0 Å². The Morgan fingerprint density at radius 2 is 1.90 bits per heavy atom. The first kappa shape index (κ1) is 24.0. The average molecular weight is 520 g/mol. The van der Waals surface area contributed by atoms with E-state index in [4.69, 9.17) is 10.3 Å². The molecule has 2 aromatic carbocycles. The van der Waals surface area contributed by atoms with Crippen molar-refractivity contribution in [3.8, 4) is 28.2 Å². The van der Waals surface area contributed by atoms with E-state index < -0.39 is 0 Å². The molecule has 0 fully saturated rings. The highest BCUT2D eigenvalue weighted by Crippen LogP contribution is 2.33. The van der Waals surface area contributed by atoms with E-state index in [2.05, 4.69) is 30.5 Å². The van der Waals surface area contributed by atoms with Gasteiger partial charge in [-0.25, -0.2) is 9.97 Å². The number of hydrogen-bond acceptors (Lipinski definition) is 9. The standard InChI is InChI=1S/C28H25N9O2/c1-16(33-26-24(25(29)30-15-31-26)27-34-17(2)39-35-27)22-12-18-8-7-11-21(19-13-32-36(3)14-19)23(18)28(38)37(22)20-9-5-4-6-10-20/h4-16H,1-3H3,(H3,29,30,31,33). The first-order valence-corrected chi connectivity index (χ1v) is 12.3. The molecule has 6 rings (SSSR count). The van der Waals surface area contributed by atoms with Crippen molar-refractivity contribution in [3.63, 3.8) is 0 Å². The molecule has 4 heterocycles. The van der Waals surface area contributed by atoms with Crippen molar-refractivity contribution in [1.29, 1.82) is 0 Å². The zero-order chi connectivity index (χ0) is 27.1. The summed E-state index contributed by atoms with van der Waals surface area (Å²) in [7, 11) is 1.85. The number of hydrogen-bond donors (Lipinski definition) is 2. The summed E-state index contributed by atoms with van der Waals surface area (Å²) in [6, 6.07) is 17.0. The normalized spacial score (nSPS) is 12.1. The topological polar surface area (TPSA) is 143 Å². The monoisotopic (exact) mass is 519 g/mol. The zero-order valence-electron chi connectivity index (χ0n) is 21.5. The summed E-state index contributed by atoms with van der Waals surface area (Å²) in [4.78, 5) is 27.1. The number of nitrogens with zero attached hydrogens (tertiary/aromatic N) is 7. The first-order valence-electron chi connectivity index (χ1n) is 12.3. The van der Waals surface area contributed by atoms with Gasteiger partial charge in [-0.2, -0.15) is 10.1 Å². The number of aryl methyl sites for hydroxylation is 2. The minimum Gasteiger partial charge on any atom is -0.383 e. The molecule has 0 amide bonds. The van der Waals surface area contributed by atoms with Crippen molar-refractivity contribution in [2.24, 2.45) is 7.05 Å². The number of benzene rings is 2. The third-order valence-corrected chi connectivity index (χ3v) is 6.53. The molecule has 11 nitrogen and oxygen atoms in total. The zero-order valence-corrected chi connectivity index (χ0v) is 21.5. The minimum atomic E-state index is -0.384. The predicted molar refractivity (Wildman–Crippen MR) is 148 cm³/mol. The van der Waals surface area contributed by atoms with Crippen molar-refractivity contribution in [2.75, 3.05) is 11.1 Å². The molecule has 0 saturated heterocycles. The van der Waals surface area contributed by atoms with Crippen LogP contribution < -0.4 is 16.6 Å². The summed E-state index contributed by atoms with van der Waals surface area (Å²) in [5.41, 5.74) is 9.64. The quantitative estimate of drug-likeness (QED) is 0.329. The van der Waals surface area contributed by atoms with Gasteiger partial charge in [-0.3, -0.25) is 14.0 Å². The highest BCUT2D eigenvalue weighted by Gasteiger charge is 2.22. The maximum atomic E-state index is 14.3. The lowest BCUT2D eigenvalue weighted by Gasteiger charge is -2.22. The lowest BCUT2D eigenvalue weighted by molar-refractivity contribution is 0.394. The Balaban J connectivity index is 1.54. The fourth-order valence-electron chi connectivity index (χ4n) is 4.75. The lowest BCUT2D eigenvalue weighted by atomic mass is 9.99. The third kappa shape index (κ3) is 4.29. The van der Waals surface area contributed by atoms with Gasteiger partial charge in [-0.1, -0.05) is 41.6 Å². The summed E-state index contributed by atoms with van der Waals surface area (Å²) in [6.45, 7) is 3.65. The Hall–Kier alpha value is -5.32. The Kier molecular flexibility index (Phi) is 5.87. The van der Waals surface area contributed by atoms with Crippen molar-refractivity contribution in [1.82, 2.24) is 34.5 Å². The van der Waals surface area contributed by atoms with Crippen LogP contribution in [-0.2, 0) is 7.05 Å². The van der Waals surface area contributed by atoms with Gasteiger partial charge in [0.2, 0.25) is 11.7 Å². The molecule has 39 heavy (non-hydrogen) atoms. The molecular weight excluding hydrogens is 494 g/mol. The molecule has 1 atom stereocenters. The molecule has 194 valence electrons. The van der Waals surface area contributed by atoms with Gasteiger partial charge in [0.25, 0.3) is 5.56 Å². The average Bonchev–Trinajstić information content (AvgIpc) is 3.56. The lowest BCUT2D eigenvalue weighted by Crippen LogP contribution is -2.26. The number of anilines is 2. The molecule has 6 aromatic rings. The van der Waals surface area contributed by atoms with Crippen LogP contribution in [0.3, 0.4) is 0 Å². The molecule has 4 aromatic heterocycles. The second-order valence-corrected chi connectivity index (χ2v) is 9.20. The number of aromatic nitrogens is 7. The van der Waals surface area contributed by atoms with Gasteiger partial charge < -0.3 is 15.6 Å². The van der Waals surface area contributed by atoms with Gasteiger partial charge in [0.05, 0.1) is 17.6 Å². The van der Waals surface area contributed by atoms with Crippen LogP contribution in [0.25, 0.3) is 39.0 Å². The van der Waals surface area contributed by atoms with E-state index in [1.54, 1.807) is 22.4 Å². The summed E-state index contributed by atoms with van der Waals surface area (Å²) in [5.74, 6) is 1.30. The van der Waals surface area contributed by atoms with Crippen molar-refractivity contribution in [3.05, 3.63) is 95.3 Å². The van der Waals surface area contributed by atoms with Crippen LogP contribution in [-0.4, -0.2) is 34.5 Å². The smallest absolute Gasteiger partial charge is 0.263 e. The van der Waals surface area contributed by atoms with Gasteiger partial charge in [0.15, 0.2) is 0 Å². The van der Waals surface area contributed by atoms with E-state index in [1.807, 2.05) is 74.8 Å². The molecule has 0 aliphatic carbocycles. The van der Waals surface area contributed by atoms with E-state index in [-0.39, 0.29) is 23.2 Å². The fourth-order valence-corrected chi connectivity index (χ4v) is 4.75. The second kappa shape index (κ2) is 9.53. The molecule has 1 unspecified atom stereocenters. The summed E-state index contributed by atoms with van der Waals surface area (Å²) in [6.07, 6.45) is 5.03. The molecule has 0 aliphatic rings. The summed E-state index contributed by atoms with van der Waals surface area (Å²) >= 11 is 0. The number of pyridine rings is 1. The number of nitrogen functional groups attached to an aromatic ring is 1. The van der Waals surface area contributed by atoms with Crippen molar-refractivity contribution < 1.29 is 4.52 Å². The summed E-state index contributed by atoms with van der Waals surface area (Å²) in [5, 5.41) is 13.1. The van der Waals surface area contributed by atoms with E-state index in [9.17, 15) is 4.79 Å². The molecule has 0 bridgehead atoms. The van der Waals surface area contributed by atoms with Gasteiger partial charge in [0, 0.05) is 37.1 Å². The van der Waals surface area contributed by atoms with Gasteiger partial charge in [-0.05, 0) is 36.1 Å². The fraction of sp³-hybridized carbons (Fsp3) is 0.143. The van der Waals surface area contributed by atoms with E-state index in [1.165, 1.54) is 6.33 Å². The Morgan fingerprint density at radius 1 is 1.08 bits per heavy atom. The van der Waals surface area contributed by atoms with Gasteiger partial charge >= 0.3 is 0 Å². The Morgan fingerprint density at radius 3 is 2.62 bits per heavy atom.